The van der Waals surface area contributed by atoms with Crippen LogP contribution in [0.2, 0.25) is 0 Å². The number of nitrogens with zero attached hydrogens (tertiary/aromatic N) is 2. The zero-order valence-corrected chi connectivity index (χ0v) is 15.6. The zero-order chi connectivity index (χ0) is 17.8. The second-order valence-electron chi connectivity index (χ2n) is 6.27. The number of ether oxygens (including phenoxy) is 1. The smallest absolute Gasteiger partial charge is 0.266 e. The number of aryl methyl sites for hydroxylation is 1. The summed E-state index contributed by atoms with van der Waals surface area (Å²) in [5.74, 6) is 0.914. The lowest BCUT2D eigenvalue weighted by atomic mass is 10.0. The summed E-state index contributed by atoms with van der Waals surface area (Å²) >= 11 is 1.46. The molecule has 5 nitrogen and oxygen atoms in total. The standard InChI is InChI=1S/C19H25N3O2S/c1-3-24-16-9-7-14(8-10-16)18-21-13(2)17(25-18)19(23)22-11-5-4-6-15(22)12-20/h7-10,15H,3-6,11-12,20H2,1-2H3. The Morgan fingerprint density at radius 1 is 1.36 bits per heavy atom. The van der Waals surface area contributed by atoms with E-state index in [0.717, 1.165) is 52.7 Å². The Kier molecular flexibility index (Phi) is 5.71. The molecule has 0 bridgehead atoms. The molecule has 2 heterocycles. The molecule has 2 N–H and O–H groups in total. The van der Waals surface area contributed by atoms with E-state index in [1.807, 2.05) is 43.0 Å². The normalized spacial score (nSPS) is 17.6. The van der Waals surface area contributed by atoms with Crippen molar-refractivity contribution >= 4 is 17.2 Å². The molecule has 1 saturated heterocycles. The summed E-state index contributed by atoms with van der Waals surface area (Å²) in [4.78, 5) is 20.3. The van der Waals surface area contributed by atoms with Crippen molar-refractivity contribution in [2.24, 2.45) is 5.73 Å². The summed E-state index contributed by atoms with van der Waals surface area (Å²) in [6.07, 6.45) is 3.18. The van der Waals surface area contributed by atoms with E-state index >= 15 is 0 Å². The van der Waals surface area contributed by atoms with Crippen molar-refractivity contribution in [1.82, 2.24) is 9.88 Å². The van der Waals surface area contributed by atoms with Gasteiger partial charge in [0, 0.05) is 24.7 Å². The molecule has 0 radical (unpaired) electrons. The first-order valence-corrected chi connectivity index (χ1v) is 9.67. The van der Waals surface area contributed by atoms with E-state index in [9.17, 15) is 4.79 Å². The maximum atomic E-state index is 13.0. The number of hydrogen-bond donors (Lipinski definition) is 1. The molecule has 1 amide bonds. The molecule has 3 rings (SSSR count). The Bertz CT molecular complexity index is 727. The van der Waals surface area contributed by atoms with Gasteiger partial charge in [0.1, 0.15) is 15.6 Å². The van der Waals surface area contributed by atoms with Gasteiger partial charge < -0.3 is 15.4 Å². The lowest BCUT2D eigenvalue weighted by molar-refractivity contribution is 0.0627. The minimum Gasteiger partial charge on any atom is -0.494 e. The molecule has 1 aliphatic rings. The molecular weight excluding hydrogens is 334 g/mol. The van der Waals surface area contributed by atoms with E-state index < -0.39 is 0 Å². The monoisotopic (exact) mass is 359 g/mol. The Balaban J connectivity index is 1.83. The highest BCUT2D eigenvalue weighted by molar-refractivity contribution is 7.17. The molecule has 1 aromatic heterocycles. The van der Waals surface area contributed by atoms with Crippen LogP contribution in [-0.2, 0) is 0 Å². The molecule has 1 aliphatic heterocycles. The van der Waals surface area contributed by atoms with Gasteiger partial charge in [-0.15, -0.1) is 11.3 Å². The van der Waals surface area contributed by atoms with Crippen LogP contribution < -0.4 is 10.5 Å². The largest absolute Gasteiger partial charge is 0.494 e. The highest BCUT2D eigenvalue weighted by Crippen LogP contribution is 2.31. The highest BCUT2D eigenvalue weighted by Gasteiger charge is 2.29. The number of amides is 1. The Morgan fingerprint density at radius 3 is 2.80 bits per heavy atom. The van der Waals surface area contributed by atoms with E-state index in [4.69, 9.17) is 10.5 Å². The van der Waals surface area contributed by atoms with Gasteiger partial charge in [0.05, 0.1) is 12.3 Å². The first kappa shape index (κ1) is 17.9. The third-order valence-electron chi connectivity index (χ3n) is 4.56. The molecule has 6 heteroatoms. The number of aromatic nitrogens is 1. The van der Waals surface area contributed by atoms with Gasteiger partial charge in [-0.1, -0.05) is 0 Å². The summed E-state index contributed by atoms with van der Waals surface area (Å²) in [5.41, 5.74) is 7.66. The van der Waals surface area contributed by atoms with Crippen LogP contribution >= 0.6 is 11.3 Å². The zero-order valence-electron chi connectivity index (χ0n) is 14.8. The minimum atomic E-state index is 0.0716. The number of nitrogens with two attached hydrogens (primary N) is 1. The van der Waals surface area contributed by atoms with Crippen molar-refractivity contribution < 1.29 is 9.53 Å². The van der Waals surface area contributed by atoms with Gasteiger partial charge in [0.2, 0.25) is 0 Å². The van der Waals surface area contributed by atoms with E-state index in [2.05, 4.69) is 4.98 Å². The second-order valence-corrected chi connectivity index (χ2v) is 7.27. The van der Waals surface area contributed by atoms with Gasteiger partial charge in [-0.05, 0) is 57.4 Å². The van der Waals surface area contributed by atoms with E-state index in [-0.39, 0.29) is 11.9 Å². The molecule has 1 atom stereocenters. The van der Waals surface area contributed by atoms with Crippen molar-refractivity contribution in [3.63, 3.8) is 0 Å². The summed E-state index contributed by atoms with van der Waals surface area (Å²) in [5, 5.41) is 0.866. The average Bonchev–Trinajstić information content (AvgIpc) is 3.03. The third kappa shape index (κ3) is 3.85. The SMILES string of the molecule is CCOc1ccc(-c2nc(C)c(C(=O)N3CCCCC3CN)s2)cc1. The van der Waals surface area contributed by atoms with E-state index in [1.165, 1.54) is 11.3 Å². The van der Waals surface area contributed by atoms with Crippen molar-refractivity contribution in [1.29, 1.82) is 0 Å². The van der Waals surface area contributed by atoms with Gasteiger partial charge in [0.25, 0.3) is 5.91 Å². The molecule has 0 aliphatic carbocycles. The molecule has 25 heavy (non-hydrogen) atoms. The van der Waals surface area contributed by atoms with Crippen LogP contribution in [0.5, 0.6) is 5.75 Å². The number of benzene rings is 1. The Morgan fingerprint density at radius 2 is 2.12 bits per heavy atom. The van der Waals surface area contributed by atoms with Crippen LogP contribution in [0.3, 0.4) is 0 Å². The summed E-state index contributed by atoms with van der Waals surface area (Å²) in [6, 6.07) is 8.00. The van der Waals surface area contributed by atoms with Crippen LogP contribution in [0, 0.1) is 6.92 Å². The first-order valence-electron chi connectivity index (χ1n) is 8.85. The third-order valence-corrected chi connectivity index (χ3v) is 5.76. The molecule has 0 saturated carbocycles. The van der Waals surface area contributed by atoms with Crippen LogP contribution in [0.15, 0.2) is 24.3 Å². The lowest BCUT2D eigenvalue weighted by Crippen LogP contribution is -2.47. The number of likely N-dealkylation sites (tertiary alicyclic amines) is 1. The second kappa shape index (κ2) is 7.97. The molecule has 0 spiro atoms. The number of hydrogen-bond acceptors (Lipinski definition) is 5. The van der Waals surface area contributed by atoms with Gasteiger partial charge in [0.15, 0.2) is 0 Å². The van der Waals surface area contributed by atoms with Crippen molar-refractivity contribution in [2.45, 2.75) is 39.2 Å². The Labute approximate surface area is 152 Å². The molecule has 1 aromatic carbocycles. The summed E-state index contributed by atoms with van der Waals surface area (Å²) in [7, 11) is 0. The number of thiazole rings is 1. The fourth-order valence-electron chi connectivity index (χ4n) is 3.22. The quantitative estimate of drug-likeness (QED) is 0.887. The molecular formula is C19H25N3O2S. The minimum absolute atomic E-state index is 0.0716. The van der Waals surface area contributed by atoms with Gasteiger partial charge in [-0.3, -0.25) is 4.79 Å². The predicted octanol–water partition coefficient (Wildman–Crippen LogP) is 3.47. The number of carbonyl (C=O) groups excluding carboxylic acids is 1. The van der Waals surface area contributed by atoms with Crippen molar-refractivity contribution in [3.8, 4) is 16.3 Å². The van der Waals surface area contributed by atoms with E-state index in [1.54, 1.807) is 0 Å². The number of carbonyl (C=O) groups is 1. The molecule has 1 unspecified atom stereocenters. The fourth-order valence-corrected chi connectivity index (χ4v) is 4.25. The van der Waals surface area contributed by atoms with Crippen LogP contribution in [0.25, 0.3) is 10.6 Å². The molecule has 2 aromatic rings. The van der Waals surface area contributed by atoms with Crippen molar-refractivity contribution in [3.05, 3.63) is 34.8 Å². The Hall–Kier alpha value is -1.92. The first-order chi connectivity index (χ1) is 12.1. The van der Waals surface area contributed by atoms with Crippen LogP contribution in [0.4, 0.5) is 0 Å². The van der Waals surface area contributed by atoms with Gasteiger partial charge in [-0.25, -0.2) is 4.98 Å². The predicted molar refractivity (Wildman–Crippen MR) is 101 cm³/mol. The summed E-state index contributed by atoms with van der Waals surface area (Å²) in [6.45, 7) is 5.83. The number of piperidine rings is 1. The number of rotatable bonds is 5. The van der Waals surface area contributed by atoms with Gasteiger partial charge in [-0.2, -0.15) is 0 Å². The molecule has 134 valence electrons. The lowest BCUT2D eigenvalue weighted by Gasteiger charge is -2.34. The average molecular weight is 359 g/mol. The maximum Gasteiger partial charge on any atom is 0.266 e. The highest BCUT2D eigenvalue weighted by atomic mass is 32.1. The maximum absolute atomic E-state index is 13.0. The van der Waals surface area contributed by atoms with E-state index in [0.29, 0.717) is 13.2 Å². The van der Waals surface area contributed by atoms with Gasteiger partial charge >= 0.3 is 0 Å². The van der Waals surface area contributed by atoms with Crippen LogP contribution in [-0.4, -0.2) is 41.5 Å². The van der Waals surface area contributed by atoms with Crippen LogP contribution in [0.1, 0.15) is 41.6 Å². The summed E-state index contributed by atoms with van der Waals surface area (Å²) < 4.78 is 5.48. The fraction of sp³-hybridized carbons (Fsp3) is 0.474. The van der Waals surface area contributed by atoms with Crippen molar-refractivity contribution in [2.75, 3.05) is 19.7 Å². The molecule has 1 fully saturated rings. The topological polar surface area (TPSA) is 68.5 Å².